The number of hydrogen-bond acceptors (Lipinski definition) is 3. The second-order valence-electron chi connectivity index (χ2n) is 2.90. The first-order valence-corrected chi connectivity index (χ1v) is 4.53. The topological polar surface area (TPSA) is 80.3 Å². The van der Waals surface area contributed by atoms with Gasteiger partial charge in [-0.05, 0) is 6.42 Å². The van der Waals surface area contributed by atoms with Gasteiger partial charge in [-0.15, -0.1) is 0 Å². The van der Waals surface area contributed by atoms with Gasteiger partial charge in [-0.3, -0.25) is 15.1 Å². The second kappa shape index (κ2) is 5.23. The van der Waals surface area contributed by atoms with Crippen LogP contribution in [0.1, 0.15) is 13.3 Å². The number of guanidine groups is 1. The summed E-state index contributed by atoms with van der Waals surface area (Å²) in [5.41, 5.74) is 3.36. The monoisotopic (exact) mass is 196 g/mol. The number of anilines is 1. The van der Waals surface area contributed by atoms with Gasteiger partial charge < -0.3 is 5.32 Å². The van der Waals surface area contributed by atoms with Gasteiger partial charge in [-0.1, -0.05) is 6.92 Å². The van der Waals surface area contributed by atoms with E-state index in [1.165, 1.54) is 0 Å². The van der Waals surface area contributed by atoms with Crippen LogP contribution in [0.3, 0.4) is 0 Å². The molecule has 0 atom stereocenters. The average molecular weight is 196 g/mol. The molecule has 4 N–H and O–H groups in total. The molecular formula is C8H16N6. The molecule has 0 aliphatic heterocycles. The van der Waals surface area contributed by atoms with Gasteiger partial charge in [-0.25, -0.2) is 5.84 Å². The van der Waals surface area contributed by atoms with Crippen molar-refractivity contribution in [1.82, 2.24) is 15.2 Å². The summed E-state index contributed by atoms with van der Waals surface area (Å²) < 4.78 is 1.70. The number of nitrogens with zero attached hydrogens (tertiary/aromatic N) is 3. The van der Waals surface area contributed by atoms with Gasteiger partial charge in [0.2, 0.25) is 5.96 Å². The van der Waals surface area contributed by atoms with Crippen LogP contribution in [-0.2, 0) is 7.05 Å². The molecule has 0 amide bonds. The number of aliphatic imine (C=N–C) groups is 1. The number of aromatic nitrogens is 2. The first kappa shape index (κ1) is 10.5. The molecule has 0 saturated carbocycles. The Morgan fingerprint density at radius 2 is 2.50 bits per heavy atom. The van der Waals surface area contributed by atoms with Gasteiger partial charge in [-0.2, -0.15) is 5.10 Å². The van der Waals surface area contributed by atoms with Gasteiger partial charge in [0.25, 0.3) is 0 Å². The van der Waals surface area contributed by atoms with Gasteiger partial charge in [0.1, 0.15) is 0 Å². The first-order valence-electron chi connectivity index (χ1n) is 4.53. The van der Waals surface area contributed by atoms with Crippen molar-refractivity contribution in [3.63, 3.8) is 0 Å². The second-order valence-corrected chi connectivity index (χ2v) is 2.90. The van der Waals surface area contributed by atoms with Crippen molar-refractivity contribution < 1.29 is 0 Å². The molecule has 0 spiro atoms. The maximum atomic E-state index is 5.30. The van der Waals surface area contributed by atoms with Crippen LogP contribution in [0.15, 0.2) is 17.4 Å². The fourth-order valence-electron chi connectivity index (χ4n) is 0.967. The van der Waals surface area contributed by atoms with E-state index in [1.807, 2.05) is 13.2 Å². The number of nitrogens with one attached hydrogen (secondary N) is 2. The van der Waals surface area contributed by atoms with Crippen molar-refractivity contribution >= 4 is 11.6 Å². The molecular weight excluding hydrogens is 180 g/mol. The maximum Gasteiger partial charge on any atom is 0.210 e. The van der Waals surface area contributed by atoms with Gasteiger partial charge in [0, 0.05) is 19.8 Å². The van der Waals surface area contributed by atoms with Crippen molar-refractivity contribution in [3.8, 4) is 0 Å². The minimum Gasteiger partial charge on any atom is -0.323 e. The third-order valence-corrected chi connectivity index (χ3v) is 1.60. The quantitative estimate of drug-likeness (QED) is 0.276. The summed E-state index contributed by atoms with van der Waals surface area (Å²) in [7, 11) is 1.85. The van der Waals surface area contributed by atoms with Crippen molar-refractivity contribution in [2.45, 2.75) is 13.3 Å². The van der Waals surface area contributed by atoms with Gasteiger partial charge >= 0.3 is 0 Å². The normalized spacial score (nSPS) is 11.5. The van der Waals surface area contributed by atoms with Gasteiger partial charge in [0.05, 0.1) is 11.9 Å². The summed E-state index contributed by atoms with van der Waals surface area (Å²) in [6, 6.07) is 0. The molecule has 0 aliphatic carbocycles. The van der Waals surface area contributed by atoms with Crippen LogP contribution in [0.4, 0.5) is 5.69 Å². The molecule has 0 unspecified atom stereocenters. The van der Waals surface area contributed by atoms with E-state index >= 15 is 0 Å². The molecule has 1 aromatic heterocycles. The molecule has 1 aromatic rings. The molecule has 0 radical (unpaired) electrons. The van der Waals surface area contributed by atoms with E-state index in [1.54, 1.807) is 10.9 Å². The van der Waals surface area contributed by atoms with Crippen molar-refractivity contribution in [3.05, 3.63) is 12.4 Å². The molecule has 0 saturated heterocycles. The SMILES string of the molecule is CCCN=C(NN)Nc1cnn(C)c1. The van der Waals surface area contributed by atoms with E-state index in [9.17, 15) is 0 Å². The largest absolute Gasteiger partial charge is 0.323 e. The summed E-state index contributed by atoms with van der Waals surface area (Å²) in [5, 5.41) is 7.03. The fourth-order valence-corrected chi connectivity index (χ4v) is 0.967. The molecule has 0 bridgehead atoms. The lowest BCUT2D eigenvalue weighted by Crippen LogP contribution is -2.36. The van der Waals surface area contributed by atoms with Crippen molar-refractivity contribution in [2.75, 3.05) is 11.9 Å². The van der Waals surface area contributed by atoms with Gasteiger partial charge in [0.15, 0.2) is 0 Å². The predicted molar refractivity (Wildman–Crippen MR) is 56.7 cm³/mol. The lowest BCUT2D eigenvalue weighted by molar-refractivity contribution is 0.768. The third kappa shape index (κ3) is 3.06. The predicted octanol–water partition coefficient (Wildman–Crippen LogP) is 0.0613. The highest BCUT2D eigenvalue weighted by atomic mass is 15.3. The third-order valence-electron chi connectivity index (χ3n) is 1.60. The Morgan fingerprint density at radius 1 is 1.71 bits per heavy atom. The van der Waals surface area contributed by atoms with Crippen LogP contribution < -0.4 is 16.6 Å². The highest BCUT2D eigenvalue weighted by molar-refractivity contribution is 5.92. The molecule has 0 fully saturated rings. The highest BCUT2D eigenvalue weighted by Gasteiger charge is 1.98. The molecule has 1 rings (SSSR count). The molecule has 14 heavy (non-hydrogen) atoms. The molecule has 0 aliphatic rings. The maximum absolute atomic E-state index is 5.30. The van der Waals surface area contributed by atoms with E-state index in [0.717, 1.165) is 18.7 Å². The average Bonchev–Trinajstić information content (AvgIpc) is 2.58. The van der Waals surface area contributed by atoms with Crippen LogP contribution in [0.25, 0.3) is 0 Å². The Labute approximate surface area is 83.2 Å². The van der Waals surface area contributed by atoms with Crippen LogP contribution in [0, 0.1) is 0 Å². The lowest BCUT2D eigenvalue weighted by Gasteiger charge is -2.05. The van der Waals surface area contributed by atoms with E-state index in [-0.39, 0.29) is 0 Å². The number of hydrogen-bond donors (Lipinski definition) is 3. The zero-order valence-corrected chi connectivity index (χ0v) is 8.49. The number of rotatable bonds is 3. The molecule has 78 valence electrons. The minimum atomic E-state index is 0.555. The summed E-state index contributed by atoms with van der Waals surface area (Å²) in [6.07, 6.45) is 4.54. The van der Waals surface area contributed by atoms with Crippen molar-refractivity contribution in [2.24, 2.45) is 17.9 Å². The van der Waals surface area contributed by atoms with E-state index in [4.69, 9.17) is 5.84 Å². The smallest absolute Gasteiger partial charge is 0.210 e. The summed E-state index contributed by atoms with van der Waals surface area (Å²) in [4.78, 5) is 4.20. The standard InChI is InChI=1S/C8H16N6/c1-3-4-10-8(13-9)12-7-5-11-14(2)6-7/h5-6H,3-4,9H2,1-2H3,(H2,10,12,13). The number of aryl methyl sites for hydroxylation is 1. The summed E-state index contributed by atoms with van der Waals surface area (Å²) in [6.45, 7) is 2.80. The molecule has 6 heteroatoms. The zero-order chi connectivity index (χ0) is 10.4. The summed E-state index contributed by atoms with van der Waals surface area (Å²) in [5.74, 6) is 5.85. The van der Waals surface area contributed by atoms with Crippen LogP contribution >= 0.6 is 0 Å². The van der Waals surface area contributed by atoms with E-state index < -0.39 is 0 Å². The Morgan fingerprint density at radius 3 is 3.00 bits per heavy atom. The van der Waals surface area contributed by atoms with E-state index in [0.29, 0.717) is 5.96 Å². The van der Waals surface area contributed by atoms with Crippen LogP contribution in [-0.4, -0.2) is 22.3 Å². The zero-order valence-electron chi connectivity index (χ0n) is 8.49. The Bertz CT molecular complexity index is 303. The highest BCUT2D eigenvalue weighted by Crippen LogP contribution is 2.02. The Balaban J connectivity index is 2.56. The van der Waals surface area contributed by atoms with E-state index in [2.05, 4.69) is 27.8 Å². The lowest BCUT2D eigenvalue weighted by atomic mass is 10.5. The Kier molecular flexibility index (Phi) is 3.93. The molecule has 6 nitrogen and oxygen atoms in total. The van der Waals surface area contributed by atoms with Crippen LogP contribution in [0.2, 0.25) is 0 Å². The van der Waals surface area contributed by atoms with Crippen LogP contribution in [0.5, 0.6) is 0 Å². The first-order chi connectivity index (χ1) is 6.76. The molecule has 1 heterocycles. The number of nitrogens with two attached hydrogens (primary N) is 1. The summed E-state index contributed by atoms with van der Waals surface area (Å²) >= 11 is 0. The Hall–Kier alpha value is -1.56. The fraction of sp³-hybridized carbons (Fsp3) is 0.500. The minimum absolute atomic E-state index is 0.555. The van der Waals surface area contributed by atoms with Crippen molar-refractivity contribution in [1.29, 1.82) is 0 Å². The number of hydrazine groups is 1. The molecule has 0 aromatic carbocycles.